The van der Waals surface area contributed by atoms with E-state index < -0.39 is 0 Å². The van der Waals surface area contributed by atoms with Gasteiger partial charge in [0.2, 0.25) is 0 Å². The van der Waals surface area contributed by atoms with E-state index in [0.717, 1.165) is 50.5 Å². The van der Waals surface area contributed by atoms with Gasteiger partial charge in [0.05, 0.1) is 28.1 Å². The molecule has 0 saturated heterocycles. The van der Waals surface area contributed by atoms with Gasteiger partial charge in [-0.05, 0) is 87.8 Å². The quantitative estimate of drug-likeness (QED) is 0.168. The van der Waals surface area contributed by atoms with Crippen LogP contribution in [-0.4, -0.2) is 21.2 Å². The zero-order valence-electron chi connectivity index (χ0n) is 34.5. The molecule has 9 aromatic rings. The first-order valence-corrected chi connectivity index (χ1v) is 20.7. The molecular weight excluding hydrogens is 735 g/mol. The fourth-order valence-electron chi connectivity index (χ4n) is 9.55. The molecule has 1 aliphatic carbocycles. The van der Waals surface area contributed by atoms with Crippen molar-refractivity contribution in [1.82, 2.24) is 14.5 Å². The lowest BCUT2D eigenvalue weighted by Crippen LogP contribution is -2.25. The largest absolute Gasteiger partial charge is 0.457 e. The Hall–Kier alpha value is -7.18. The van der Waals surface area contributed by atoms with E-state index in [9.17, 15) is 0 Å². The van der Waals surface area contributed by atoms with E-state index in [0.29, 0.717) is 6.67 Å². The van der Waals surface area contributed by atoms with Gasteiger partial charge in [-0.3, -0.25) is 9.55 Å². The number of rotatable bonds is 6. The lowest BCUT2D eigenvalue weighted by Gasteiger charge is -2.28. The summed E-state index contributed by atoms with van der Waals surface area (Å²) in [5.74, 6) is 2.39. The summed E-state index contributed by atoms with van der Waals surface area (Å²) in [7, 11) is 0. The second kappa shape index (κ2) is 13.4. The van der Waals surface area contributed by atoms with Crippen molar-refractivity contribution in [3.8, 4) is 39.6 Å². The molecule has 11 rings (SSSR count). The minimum atomic E-state index is -0.123. The molecule has 0 spiro atoms. The fraction of sp³-hybridized carbons (Fsp3) is 0.148. The predicted molar refractivity (Wildman–Crippen MR) is 247 cm³/mol. The van der Waals surface area contributed by atoms with Crippen LogP contribution in [0.3, 0.4) is 0 Å². The van der Waals surface area contributed by atoms with E-state index in [1.807, 2.05) is 24.7 Å². The van der Waals surface area contributed by atoms with Crippen LogP contribution in [0.2, 0.25) is 0 Å². The molecule has 292 valence electrons. The predicted octanol–water partition coefficient (Wildman–Crippen LogP) is 13.9. The fourth-order valence-corrected chi connectivity index (χ4v) is 9.55. The number of nitrogens with zero attached hydrogens (tertiary/aromatic N) is 5. The van der Waals surface area contributed by atoms with Crippen LogP contribution in [0.5, 0.6) is 11.5 Å². The molecule has 6 aromatic carbocycles. The Bertz CT molecular complexity index is 3140. The normalized spacial score (nSPS) is 14.1. The highest BCUT2D eigenvalue weighted by molar-refractivity contribution is 6.09. The van der Waals surface area contributed by atoms with Crippen molar-refractivity contribution >= 4 is 44.6 Å². The number of ether oxygens (including phenoxy) is 1. The van der Waals surface area contributed by atoms with Gasteiger partial charge < -0.3 is 14.5 Å². The van der Waals surface area contributed by atoms with Gasteiger partial charge in [0, 0.05) is 63.7 Å². The number of aromatic nitrogens is 3. The van der Waals surface area contributed by atoms with Crippen molar-refractivity contribution in [1.29, 1.82) is 0 Å². The van der Waals surface area contributed by atoms with E-state index >= 15 is 0 Å². The van der Waals surface area contributed by atoms with Gasteiger partial charge >= 0.3 is 0 Å². The highest BCUT2D eigenvalue weighted by Crippen LogP contribution is 2.57. The number of hydrogen-bond acceptors (Lipinski definition) is 5. The topological polar surface area (TPSA) is 46.4 Å². The van der Waals surface area contributed by atoms with Crippen LogP contribution >= 0.6 is 0 Å². The Kier molecular flexibility index (Phi) is 8.05. The van der Waals surface area contributed by atoms with E-state index in [1.165, 1.54) is 50.3 Å². The minimum Gasteiger partial charge on any atom is -0.457 e. The van der Waals surface area contributed by atoms with Crippen molar-refractivity contribution < 1.29 is 4.74 Å². The molecule has 0 atom stereocenters. The molecule has 0 amide bonds. The second-order valence-electron chi connectivity index (χ2n) is 17.6. The molecule has 3 aromatic heterocycles. The van der Waals surface area contributed by atoms with Crippen molar-refractivity contribution in [2.24, 2.45) is 0 Å². The van der Waals surface area contributed by atoms with Gasteiger partial charge in [0.25, 0.3) is 0 Å². The number of anilines is 4. The zero-order chi connectivity index (χ0) is 40.8. The average molecular weight is 780 g/mol. The molecule has 6 nitrogen and oxygen atoms in total. The van der Waals surface area contributed by atoms with Gasteiger partial charge in [-0.25, -0.2) is 4.98 Å². The third-order valence-electron chi connectivity index (χ3n) is 12.6. The molecular formula is C54H45N5O. The summed E-state index contributed by atoms with van der Waals surface area (Å²) in [6.45, 7) is 12.0. The SMILES string of the molecule is CC(C)(C)c1ccnc(-n2c3ccncc3c3ccc(Oc4cccc(N5CN(c6c(-c7ccccc7)ccc7c6-c6ccccc6C7(C)C)c6ccccc65)c4)cc32)c1. The van der Waals surface area contributed by atoms with Crippen molar-refractivity contribution in [2.75, 3.05) is 16.5 Å². The molecule has 2 aliphatic rings. The Morgan fingerprint density at radius 3 is 2.20 bits per heavy atom. The van der Waals surface area contributed by atoms with E-state index in [2.05, 4.69) is 200 Å². The molecule has 6 heteroatoms. The molecule has 0 unspecified atom stereocenters. The number of fused-ring (bicyclic) bond motifs is 7. The van der Waals surface area contributed by atoms with Crippen LogP contribution in [0.25, 0.3) is 49.9 Å². The summed E-state index contributed by atoms with van der Waals surface area (Å²) >= 11 is 0. The maximum atomic E-state index is 6.76. The molecule has 0 N–H and O–H groups in total. The van der Waals surface area contributed by atoms with E-state index in [1.54, 1.807) is 0 Å². The van der Waals surface area contributed by atoms with Gasteiger partial charge in [0.15, 0.2) is 0 Å². The smallest absolute Gasteiger partial charge is 0.137 e. The first-order chi connectivity index (χ1) is 29.1. The zero-order valence-corrected chi connectivity index (χ0v) is 34.5. The van der Waals surface area contributed by atoms with Crippen LogP contribution in [0.4, 0.5) is 22.7 Å². The minimum absolute atomic E-state index is 0.0160. The van der Waals surface area contributed by atoms with E-state index in [-0.39, 0.29) is 10.8 Å². The molecule has 0 bridgehead atoms. The van der Waals surface area contributed by atoms with Crippen LogP contribution in [-0.2, 0) is 10.8 Å². The molecule has 4 heterocycles. The summed E-state index contributed by atoms with van der Waals surface area (Å²) < 4.78 is 8.99. The molecule has 60 heavy (non-hydrogen) atoms. The maximum Gasteiger partial charge on any atom is 0.137 e. The first-order valence-electron chi connectivity index (χ1n) is 20.7. The maximum absolute atomic E-state index is 6.76. The average Bonchev–Trinajstić information content (AvgIpc) is 3.89. The van der Waals surface area contributed by atoms with Crippen LogP contribution in [0.1, 0.15) is 51.3 Å². The van der Waals surface area contributed by atoms with Crippen LogP contribution < -0.4 is 14.5 Å². The van der Waals surface area contributed by atoms with Crippen molar-refractivity contribution in [2.45, 2.75) is 45.4 Å². The summed E-state index contributed by atoms with van der Waals surface area (Å²) in [4.78, 5) is 14.3. The molecule has 0 fully saturated rings. The summed E-state index contributed by atoms with van der Waals surface area (Å²) in [5.41, 5.74) is 15.6. The van der Waals surface area contributed by atoms with Crippen LogP contribution in [0.15, 0.2) is 170 Å². The number of hydrogen-bond donors (Lipinski definition) is 0. The lowest BCUT2D eigenvalue weighted by molar-refractivity contribution is 0.483. The number of para-hydroxylation sites is 2. The highest BCUT2D eigenvalue weighted by atomic mass is 16.5. The van der Waals surface area contributed by atoms with Crippen molar-refractivity contribution in [3.63, 3.8) is 0 Å². The van der Waals surface area contributed by atoms with Gasteiger partial charge in [-0.1, -0.05) is 120 Å². The van der Waals surface area contributed by atoms with Gasteiger partial charge in [0.1, 0.15) is 24.0 Å². The number of benzene rings is 6. The Balaban J connectivity index is 0.994. The third kappa shape index (κ3) is 5.62. The Morgan fingerprint density at radius 1 is 0.600 bits per heavy atom. The molecule has 1 aliphatic heterocycles. The second-order valence-corrected chi connectivity index (χ2v) is 17.6. The highest BCUT2D eigenvalue weighted by Gasteiger charge is 2.40. The molecule has 0 saturated carbocycles. The standard InChI is InChI=1S/C54H45N5O/c1-53(2,3)36-26-29-56-50(30-36)59-46-27-28-55-33-43(46)41-23-22-39(32-49(41)59)60-38-17-13-16-37(31-38)57-34-58(48-21-12-11-20-47(48)57)52-40(35-14-7-6-8-15-35)24-25-45-51(52)42-18-9-10-19-44(42)54(45,4)5/h6-33H,34H2,1-5H3. The van der Waals surface area contributed by atoms with Gasteiger partial charge in [-0.2, -0.15) is 0 Å². The third-order valence-corrected chi connectivity index (χ3v) is 12.6. The van der Waals surface area contributed by atoms with Gasteiger partial charge in [-0.15, -0.1) is 0 Å². The van der Waals surface area contributed by atoms with E-state index in [4.69, 9.17) is 9.72 Å². The monoisotopic (exact) mass is 779 g/mol. The summed E-state index contributed by atoms with van der Waals surface area (Å²) in [6.07, 6.45) is 5.69. The Morgan fingerprint density at radius 2 is 1.37 bits per heavy atom. The lowest BCUT2D eigenvalue weighted by atomic mass is 9.82. The molecule has 0 radical (unpaired) electrons. The summed E-state index contributed by atoms with van der Waals surface area (Å²) in [5, 5.41) is 2.18. The summed E-state index contributed by atoms with van der Waals surface area (Å²) in [6, 6.07) is 54.4. The number of pyridine rings is 2. The van der Waals surface area contributed by atoms with Crippen LogP contribution in [0, 0.1) is 0 Å². The first kappa shape index (κ1) is 35.9. The van der Waals surface area contributed by atoms with Crippen molar-refractivity contribution in [3.05, 3.63) is 187 Å². The Labute approximate surface area is 351 Å².